The molecule has 0 saturated carbocycles. The standard InChI is InChI=1S/C13H10FNO3/c1-7-2-3-9(14)5-10(7)11-4-8(13(17)18)6-15-12(11)16/h2-6H,1H3,(H,15,16)(H,17,18). The first-order valence-corrected chi connectivity index (χ1v) is 5.21. The van der Waals surface area contributed by atoms with Crippen molar-refractivity contribution in [1.82, 2.24) is 4.98 Å². The summed E-state index contributed by atoms with van der Waals surface area (Å²) in [6.45, 7) is 1.72. The fraction of sp³-hybridized carbons (Fsp3) is 0.0769. The summed E-state index contributed by atoms with van der Waals surface area (Å²) >= 11 is 0. The van der Waals surface area contributed by atoms with E-state index in [1.165, 1.54) is 24.3 Å². The Morgan fingerprint density at radius 3 is 2.67 bits per heavy atom. The van der Waals surface area contributed by atoms with Gasteiger partial charge in [-0.25, -0.2) is 9.18 Å². The lowest BCUT2D eigenvalue weighted by Gasteiger charge is -2.06. The molecule has 0 atom stereocenters. The van der Waals surface area contributed by atoms with E-state index in [-0.39, 0.29) is 11.1 Å². The largest absolute Gasteiger partial charge is 0.478 e. The van der Waals surface area contributed by atoms with Crippen LogP contribution >= 0.6 is 0 Å². The second-order valence-electron chi connectivity index (χ2n) is 3.90. The number of aromatic carboxylic acids is 1. The van der Waals surface area contributed by atoms with E-state index in [4.69, 9.17) is 5.11 Å². The Kier molecular flexibility index (Phi) is 2.97. The van der Waals surface area contributed by atoms with Crippen LogP contribution in [0.1, 0.15) is 15.9 Å². The van der Waals surface area contributed by atoms with Crippen molar-refractivity contribution in [3.05, 3.63) is 57.8 Å². The van der Waals surface area contributed by atoms with Crippen LogP contribution in [0, 0.1) is 12.7 Å². The number of carbonyl (C=O) groups is 1. The highest BCUT2D eigenvalue weighted by Crippen LogP contribution is 2.21. The number of benzene rings is 1. The van der Waals surface area contributed by atoms with Crippen molar-refractivity contribution in [2.24, 2.45) is 0 Å². The lowest BCUT2D eigenvalue weighted by Crippen LogP contribution is -2.12. The molecule has 2 N–H and O–H groups in total. The van der Waals surface area contributed by atoms with Crippen LogP contribution in [0.4, 0.5) is 4.39 Å². The van der Waals surface area contributed by atoms with E-state index < -0.39 is 17.3 Å². The molecule has 2 aromatic rings. The van der Waals surface area contributed by atoms with E-state index in [9.17, 15) is 14.0 Å². The molecule has 0 bridgehead atoms. The maximum absolute atomic E-state index is 13.2. The van der Waals surface area contributed by atoms with Crippen LogP contribution in [-0.4, -0.2) is 16.1 Å². The number of hydrogen-bond donors (Lipinski definition) is 2. The third-order valence-electron chi connectivity index (χ3n) is 2.64. The van der Waals surface area contributed by atoms with Gasteiger partial charge in [0.15, 0.2) is 0 Å². The maximum Gasteiger partial charge on any atom is 0.337 e. The Morgan fingerprint density at radius 1 is 1.28 bits per heavy atom. The molecule has 4 nitrogen and oxygen atoms in total. The predicted molar refractivity (Wildman–Crippen MR) is 64.2 cm³/mol. The van der Waals surface area contributed by atoms with Crippen molar-refractivity contribution in [1.29, 1.82) is 0 Å². The summed E-state index contributed by atoms with van der Waals surface area (Å²) in [5, 5.41) is 8.87. The minimum absolute atomic E-state index is 0.0479. The fourth-order valence-corrected chi connectivity index (χ4v) is 1.69. The number of carboxylic acids is 1. The number of aromatic amines is 1. The van der Waals surface area contributed by atoms with E-state index >= 15 is 0 Å². The quantitative estimate of drug-likeness (QED) is 0.854. The molecular formula is C13H10FNO3. The summed E-state index contributed by atoms with van der Waals surface area (Å²) in [5.41, 5.74) is 0.734. The zero-order valence-electron chi connectivity index (χ0n) is 9.53. The molecule has 0 radical (unpaired) electrons. The van der Waals surface area contributed by atoms with Gasteiger partial charge in [0.25, 0.3) is 5.56 Å². The van der Waals surface area contributed by atoms with Crippen molar-refractivity contribution in [3.63, 3.8) is 0 Å². The number of aryl methyl sites for hydroxylation is 1. The summed E-state index contributed by atoms with van der Waals surface area (Å²) in [7, 11) is 0. The van der Waals surface area contributed by atoms with Gasteiger partial charge in [-0.15, -0.1) is 0 Å². The maximum atomic E-state index is 13.2. The number of halogens is 1. The number of rotatable bonds is 2. The first kappa shape index (κ1) is 12.0. The number of pyridine rings is 1. The monoisotopic (exact) mass is 247 g/mol. The lowest BCUT2D eigenvalue weighted by molar-refractivity contribution is 0.0696. The molecule has 0 unspecified atom stereocenters. The molecule has 1 heterocycles. The second-order valence-corrected chi connectivity index (χ2v) is 3.90. The molecule has 0 amide bonds. The van der Waals surface area contributed by atoms with Crippen molar-refractivity contribution in [2.75, 3.05) is 0 Å². The molecular weight excluding hydrogens is 237 g/mol. The van der Waals surface area contributed by atoms with Gasteiger partial charge in [0, 0.05) is 11.8 Å². The SMILES string of the molecule is Cc1ccc(F)cc1-c1cc(C(=O)O)c[nH]c1=O. The summed E-state index contributed by atoms with van der Waals surface area (Å²) < 4.78 is 13.2. The van der Waals surface area contributed by atoms with Gasteiger partial charge in [-0.3, -0.25) is 4.79 Å². The van der Waals surface area contributed by atoms with Gasteiger partial charge in [0.2, 0.25) is 0 Å². The van der Waals surface area contributed by atoms with Crippen molar-refractivity contribution in [2.45, 2.75) is 6.92 Å². The number of nitrogens with one attached hydrogen (secondary N) is 1. The van der Waals surface area contributed by atoms with Crippen LogP contribution in [0.25, 0.3) is 11.1 Å². The molecule has 0 spiro atoms. The first-order chi connectivity index (χ1) is 8.49. The topological polar surface area (TPSA) is 70.2 Å². The number of aromatic nitrogens is 1. The normalized spacial score (nSPS) is 10.3. The molecule has 18 heavy (non-hydrogen) atoms. The van der Waals surface area contributed by atoms with Gasteiger partial charge in [-0.1, -0.05) is 6.07 Å². The highest BCUT2D eigenvalue weighted by molar-refractivity contribution is 5.89. The van der Waals surface area contributed by atoms with Gasteiger partial charge in [0.05, 0.1) is 5.56 Å². The fourth-order valence-electron chi connectivity index (χ4n) is 1.69. The Bertz CT molecular complexity index is 676. The molecule has 5 heteroatoms. The minimum Gasteiger partial charge on any atom is -0.478 e. The highest BCUT2D eigenvalue weighted by atomic mass is 19.1. The molecule has 2 rings (SSSR count). The second kappa shape index (κ2) is 4.44. The highest BCUT2D eigenvalue weighted by Gasteiger charge is 2.11. The number of hydrogen-bond acceptors (Lipinski definition) is 2. The van der Waals surface area contributed by atoms with Crippen LogP contribution in [-0.2, 0) is 0 Å². The molecule has 1 aromatic heterocycles. The summed E-state index contributed by atoms with van der Waals surface area (Å²) in [6.07, 6.45) is 1.11. The van der Waals surface area contributed by atoms with Crippen LogP contribution < -0.4 is 5.56 Å². The van der Waals surface area contributed by atoms with Crippen LogP contribution in [0.15, 0.2) is 35.3 Å². The average molecular weight is 247 g/mol. The minimum atomic E-state index is -1.15. The molecule has 92 valence electrons. The van der Waals surface area contributed by atoms with Gasteiger partial charge in [-0.05, 0) is 36.2 Å². The summed E-state index contributed by atoms with van der Waals surface area (Å²) in [5.74, 6) is -1.63. The Hall–Kier alpha value is -2.43. The van der Waals surface area contributed by atoms with E-state index in [1.807, 2.05) is 0 Å². The van der Waals surface area contributed by atoms with Crippen molar-refractivity contribution >= 4 is 5.97 Å². The van der Waals surface area contributed by atoms with Gasteiger partial charge < -0.3 is 10.1 Å². The Morgan fingerprint density at radius 2 is 2.00 bits per heavy atom. The first-order valence-electron chi connectivity index (χ1n) is 5.21. The zero-order chi connectivity index (χ0) is 13.3. The Balaban J connectivity index is 2.70. The third kappa shape index (κ3) is 2.15. The zero-order valence-corrected chi connectivity index (χ0v) is 9.53. The molecule has 0 aliphatic rings. The lowest BCUT2D eigenvalue weighted by atomic mass is 10.0. The molecule has 1 aromatic carbocycles. The summed E-state index contributed by atoms with van der Waals surface area (Å²) in [4.78, 5) is 24.9. The van der Waals surface area contributed by atoms with Crippen molar-refractivity contribution < 1.29 is 14.3 Å². The molecule has 0 fully saturated rings. The van der Waals surface area contributed by atoms with Gasteiger partial charge in [0.1, 0.15) is 5.82 Å². The van der Waals surface area contributed by atoms with Gasteiger partial charge >= 0.3 is 5.97 Å². The van der Waals surface area contributed by atoms with Crippen molar-refractivity contribution in [3.8, 4) is 11.1 Å². The van der Waals surface area contributed by atoms with E-state index in [2.05, 4.69) is 4.98 Å². The smallest absolute Gasteiger partial charge is 0.337 e. The number of H-pyrrole nitrogens is 1. The molecule has 0 aliphatic carbocycles. The van der Waals surface area contributed by atoms with Crippen LogP contribution in [0.2, 0.25) is 0 Å². The predicted octanol–water partition coefficient (Wildman–Crippen LogP) is 2.19. The van der Waals surface area contributed by atoms with Crippen LogP contribution in [0.5, 0.6) is 0 Å². The molecule has 0 aliphatic heterocycles. The van der Waals surface area contributed by atoms with E-state index in [0.29, 0.717) is 11.1 Å². The van der Waals surface area contributed by atoms with E-state index in [1.54, 1.807) is 6.92 Å². The average Bonchev–Trinajstić information content (AvgIpc) is 2.33. The third-order valence-corrected chi connectivity index (χ3v) is 2.64. The molecule has 0 saturated heterocycles. The van der Waals surface area contributed by atoms with Crippen LogP contribution in [0.3, 0.4) is 0 Å². The van der Waals surface area contributed by atoms with E-state index in [0.717, 1.165) is 6.20 Å². The summed E-state index contributed by atoms with van der Waals surface area (Å²) in [6, 6.07) is 5.28. The van der Waals surface area contributed by atoms with Gasteiger partial charge in [-0.2, -0.15) is 0 Å². The Labute approximate surface area is 102 Å². The number of carboxylic acid groups (broad SMARTS) is 1.